The van der Waals surface area contributed by atoms with Gasteiger partial charge in [-0.05, 0) is 43.9 Å². The van der Waals surface area contributed by atoms with Crippen LogP contribution in [0.3, 0.4) is 0 Å². The predicted octanol–water partition coefficient (Wildman–Crippen LogP) is 3.17. The number of amides is 2. The van der Waals surface area contributed by atoms with Crippen LogP contribution >= 0.6 is 0 Å². The van der Waals surface area contributed by atoms with E-state index in [1.165, 1.54) is 0 Å². The molecule has 1 atom stereocenters. The largest absolute Gasteiger partial charge is 0.449 e. The number of carbonyl (C=O) groups is 2. The molecule has 2 amide bonds. The lowest BCUT2D eigenvalue weighted by Crippen LogP contribution is -2.33. The van der Waals surface area contributed by atoms with Crippen molar-refractivity contribution in [1.29, 1.82) is 0 Å². The molecule has 1 aromatic carbocycles. The third kappa shape index (κ3) is 4.91. The van der Waals surface area contributed by atoms with Gasteiger partial charge in [0.2, 0.25) is 0 Å². The van der Waals surface area contributed by atoms with Crippen LogP contribution in [0.4, 0.5) is 4.79 Å². The molecule has 1 saturated heterocycles. The van der Waals surface area contributed by atoms with E-state index in [0.29, 0.717) is 31.9 Å². The fraction of sp³-hybridized carbons (Fsp3) is 0.476. The molecule has 7 heteroatoms. The number of hydrogen-bond donors (Lipinski definition) is 1. The first-order valence-electron chi connectivity index (χ1n) is 9.90. The summed E-state index contributed by atoms with van der Waals surface area (Å²) in [7, 11) is 0. The van der Waals surface area contributed by atoms with Crippen LogP contribution in [0.25, 0.3) is 5.69 Å². The number of nitrogens with zero attached hydrogens (tertiary/aromatic N) is 3. The maximum atomic E-state index is 12.5. The van der Waals surface area contributed by atoms with Crippen molar-refractivity contribution in [3.63, 3.8) is 0 Å². The Hall–Kier alpha value is -2.83. The molecule has 1 unspecified atom stereocenters. The maximum Gasteiger partial charge on any atom is 0.409 e. The topological polar surface area (TPSA) is 76.5 Å². The number of unbranched alkanes of at least 4 members (excludes halogenated alkanes) is 1. The Kier molecular flexibility index (Phi) is 6.68. The number of aryl methyl sites for hydroxylation is 1. The summed E-state index contributed by atoms with van der Waals surface area (Å²) >= 11 is 0. The van der Waals surface area contributed by atoms with Crippen molar-refractivity contribution in [3.05, 3.63) is 47.8 Å². The molecule has 28 heavy (non-hydrogen) atoms. The Morgan fingerprint density at radius 2 is 2.07 bits per heavy atom. The first-order valence-corrected chi connectivity index (χ1v) is 9.90. The fourth-order valence-corrected chi connectivity index (χ4v) is 3.30. The molecule has 0 spiro atoms. The van der Waals surface area contributed by atoms with Gasteiger partial charge in [-0.25, -0.2) is 9.48 Å². The molecule has 0 radical (unpaired) electrons. The number of carbonyl (C=O) groups excluding carboxylic acids is 2. The van der Waals surface area contributed by atoms with Gasteiger partial charge in [0, 0.05) is 25.3 Å². The van der Waals surface area contributed by atoms with Crippen LogP contribution in [0.5, 0.6) is 0 Å². The molecule has 150 valence electrons. The zero-order valence-corrected chi connectivity index (χ0v) is 16.6. The lowest BCUT2D eigenvalue weighted by atomic mass is 10.1. The molecular weight excluding hydrogens is 356 g/mol. The summed E-state index contributed by atoms with van der Waals surface area (Å²) in [6.07, 6.45) is 2.50. The number of rotatable bonds is 7. The highest BCUT2D eigenvalue weighted by Crippen LogP contribution is 2.17. The molecule has 2 heterocycles. The number of benzene rings is 1. The molecule has 1 fully saturated rings. The van der Waals surface area contributed by atoms with Crippen LogP contribution in [-0.4, -0.2) is 52.9 Å². The second kappa shape index (κ2) is 9.39. The van der Waals surface area contributed by atoms with Gasteiger partial charge in [0.05, 0.1) is 12.3 Å². The van der Waals surface area contributed by atoms with Crippen LogP contribution in [0.2, 0.25) is 0 Å². The summed E-state index contributed by atoms with van der Waals surface area (Å²) in [5.74, 6) is 0.0433. The fourth-order valence-electron chi connectivity index (χ4n) is 3.30. The van der Waals surface area contributed by atoms with E-state index in [4.69, 9.17) is 4.74 Å². The van der Waals surface area contributed by atoms with Gasteiger partial charge in [-0.15, -0.1) is 0 Å². The molecule has 1 N–H and O–H groups in total. The van der Waals surface area contributed by atoms with E-state index in [2.05, 4.69) is 17.3 Å². The second-order valence-electron chi connectivity index (χ2n) is 7.20. The van der Waals surface area contributed by atoms with E-state index in [0.717, 1.165) is 30.6 Å². The van der Waals surface area contributed by atoms with Gasteiger partial charge in [-0.3, -0.25) is 4.79 Å². The summed E-state index contributed by atoms with van der Waals surface area (Å²) < 4.78 is 7.02. The van der Waals surface area contributed by atoms with E-state index in [9.17, 15) is 9.59 Å². The number of likely N-dealkylation sites (tertiary alicyclic amines) is 1. The predicted molar refractivity (Wildman–Crippen MR) is 107 cm³/mol. The highest BCUT2D eigenvalue weighted by atomic mass is 16.6. The molecule has 0 bridgehead atoms. The zero-order valence-electron chi connectivity index (χ0n) is 16.6. The Labute approximate surface area is 165 Å². The van der Waals surface area contributed by atoms with Gasteiger partial charge in [0.15, 0.2) is 5.69 Å². The summed E-state index contributed by atoms with van der Waals surface area (Å²) in [6.45, 7) is 6.27. The second-order valence-corrected chi connectivity index (χ2v) is 7.20. The SMILES string of the molecule is CCCCOC(=O)N1CCC(CNC(=O)c2cc(C)n(-c3ccccc3)n2)C1. The molecule has 2 aromatic rings. The molecule has 1 aromatic heterocycles. The van der Waals surface area contributed by atoms with E-state index >= 15 is 0 Å². The van der Waals surface area contributed by atoms with Crippen LogP contribution in [0.15, 0.2) is 36.4 Å². The van der Waals surface area contributed by atoms with Gasteiger partial charge in [-0.1, -0.05) is 31.5 Å². The van der Waals surface area contributed by atoms with Crippen LogP contribution in [-0.2, 0) is 4.74 Å². The van der Waals surface area contributed by atoms with Gasteiger partial charge < -0.3 is 15.0 Å². The number of nitrogens with one attached hydrogen (secondary N) is 1. The summed E-state index contributed by atoms with van der Waals surface area (Å²) in [5, 5.41) is 7.38. The van der Waals surface area contributed by atoms with Gasteiger partial charge in [-0.2, -0.15) is 5.10 Å². The average molecular weight is 384 g/mol. The average Bonchev–Trinajstić information content (AvgIpc) is 3.34. The molecule has 7 nitrogen and oxygen atoms in total. The quantitative estimate of drug-likeness (QED) is 0.744. The van der Waals surface area contributed by atoms with Crippen molar-refractivity contribution >= 4 is 12.0 Å². The lowest BCUT2D eigenvalue weighted by Gasteiger charge is -2.16. The molecule has 0 saturated carbocycles. The third-order valence-electron chi connectivity index (χ3n) is 4.94. The van der Waals surface area contributed by atoms with E-state index < -0.39 is 0 Å². The van der Waals surface area contributed by atoms with Crippen molar-refractivity contribution in [1.82, 2.24) is 20.0 Å². The minimum atomic E-state index is -0.250. The van der Waals surface area contributed by atoms with Crippen molar-refractivity contribution < 1.29 is 14.3 Å². The van der Waals surface area contributed by atoms with E-state index in [-0.39, 0.29) is 17.9 Å². The number of para-hydroxylation sites is 1. The number of aromatic nitrogens is 2. The van der Waals surface area contributed by atoms with E-state index in [1.807, 2.05) is 37.3 Å². The lowest BCUT2D eigenvalue weighted by molar-refractivity contribution is 0.0941. The van der Waals surface area contributed by atoms with Gasteiger partial charge in [0.1, 0.15) is 0 Å². The minimum absolute atomic E-state index is 0.193. The number of hydrogen-bond acceptors (Lipinski definition) is 4. The third-order valence-corrected chi connectivity index (χ3v) is 4.94. The molecular formula is C21H28N4O3. The summed E-state index contributed by atoms with van der Waals surface area (Å²) in [6, 6.07) is 11.5. The molecule has 1 aliphatic rings. The summed E-state index contributed by atoms with van der Waals surface area (Å²) in [5.41, 5.74) is 2.22. The van der Waals surface area contributed by atoms with Gasteiger partial charge >= 0.3 is 6.09 Å². The Balaban J connectivity index is 1.49. The standard InChI is InChI=1S/C21H28N4O3/c1-3-4-12-28-21(27)24-11-10-17(15-24)14-22-20(26)19-13-16(2)25(23-19)18-8-6-5-7-9-18/h5-9,13,17H,3-4,10-12,14-15H2,1-2H3,(H,22,26). The van der Waals surface area contributed by atoms with Crippen molar-refractivity contribution in [2.75, 3.05) is 26.2 Å². The summed E-state index contributed by atoms with van der Waals surface area (Å²) in [4.78, 5) is 26.2. The molecule has 0 aliphatic carbocycles. The normalized spacial score (nSPS) is 16.2. The van der Waals surface area contributed by atoms with Crippen LogP contribution in [0, 0.1) is 12.8 Å². The molecule has 3 rings (SSSR count). The van der Waals surface area contributed by atoms with Crippen LogP contribution < -0.4 is 5.32 Å². The zero-order chi connectivity index (χ0) is 19.9. The number of ether oxygens (including phenoxy) is 1. The highest BCUT2D eigenvalue weighted by molar-refractivity contribution is 5.92. The Bertz CT molecular complexity index is 803. The Morgan fingerprint density at radius 3 is 2.82 bits per heavy atom. The monoisotopic (exact) mass is 384 g/mol. The van der Waals surface area contributed by atoms with Crippen molar-refractivity contribution in [2.45, 2.75) is 33.1 Å². The van der Waals surface area contributed by atoms with Gasteiger partial charge in [0.25, 0.3) is 5.91 Å². The Morgan fingerprint density at radius 1 is 1.29 bits per heavy atom. The van der Waals surface area contributed by atoms with Crippen molar-refractivity contribution in [2.24, 2.45) is 5.92 Å². The van der Waals surface area contributed by atoms with Crippen LogP contribution in [0.1, 0.15) is 42.4 Å². The minimum Gasteiger partial charge on any atom is -0.449 e. The highest BCUT2D eigenvalue weighted by Gasteiger charge is 2.27. The maximum absolute atomic E-state index is 12.5. The van der Waals surface area contributed by atoms with Crippen molar-refractivity contribution in [3.8, 4) is 5.69 Å². The molecule has 1 aliphatic heterocycles. The smallest absolute Gasteiger partial charge is 0.409 e. The first-order chi connectivity index (χ1) is 13.6. The first kappa shape index (κ1) is 19.9. The van der Waals surface area contributed by atoms with E-state index in [1.54, 1.807) is 15.6 Å².